The minimum Gasteiger partial charge on any atom is -0.461 e. The molecule has 0 saturated carbocycles. The number of carbonyl (C=O) groups is 1. The van der Waals surface area contributed by atoms with Crippen LogP contribution in [-0.2, 0) is 4.74 Å². The molecule has 21 heavy (non-hydrogen) atoms. The van der Waals surface area contributed by atoms with Gasteiger partial charge in [0, 0.05) is 12.2 Å². The van der Waals surface area contributed by atoms with Crippen molar-refractivity contribution in [2.24, 2.45) is 0 Å². The van der Waals surface area contributed by atoms with Crippen LogP contribution in [0.2, 0.25) is 0 Å². The normalized spacial score (nSPS) is 10.4. The highest BCUT2D eigenvalue weighted by molar-refractivity contribution is 5.87. The number of carbonyl (C=O) groups excluding carboxylic acids is 1. The van der Waals surface area contributed by atoms with Gasteiger partial charge in [-0.2, -0.15) is 4.98 Å². The predicted octanol–water partition coefficient (Wildman–Crippen LogP) is 3.79. The first-order valence-electron chi connectivity index (χ1n) is 7.21. The van der Waals surface area contributed by atoms with Crippen molar-refractivity contribution in [3.63, 3.8) is 0 Å². The summed E-state index contributed by atoms with van der Waals surface area (Å²) in [5.41, 5.74) is 1.19. The van der Waals surface area contributed by atoms with Crippen LogP contribution in [0.3, 0.4) is 0 Å². The maximum atomic E-state index is 11.7. The van der Waals surface area contributed by atoms with Crippen molar-refractivity contribution in [3.05, 3.63) is 42.3 Å². The van der Waals surface area contributed by atoms with E-state index in [-0.39, 0.29) is 5.69 Å². The lowest BCUT2D eigenvalue weighted by Crippen LogP contribution is -2.19. The molecule has 0 atom stereocenters. The molecule has 5 heteroatoms. The fourth-order valence-electron chi connectivity index (χ4n) is 1.95. The topological polar surface area (TPSA) is 55.6 Å². The average Bonchev–Trinajstić information content (AvgIpc) is 2.99. The largest absolute Gasteiger partial charge is 0.461 e. The van der Waals surface area contributed by atoms with E-state index < -0.39 is 5.97 Å². The Morgan fingerprint density at radius 2 is 2.05 bits per heavy atom. The van der Waals surface area contributed by atoms with Crippen LogP contribution in [0.1, 0.15) is 37.2 Å². The first-order chi connectivity index (χ1) is 10.3. The number of rotatable bonds is 7. The molecular weight excluding hydrogens is 268 g/mol. The van der Waals surface area contributed by atoms with Crippen LogP contribution in [0.15, 0.2) is 41.0 Å². The number of anilines is 2. The Labute approximate surface area is 124 Å². The Morgan fingerprint density at radius 3 is 2.71 bits per heavy atom. The third-order valence-electron chi connectivity index (χ3n) is 3.01. The van der Waals surface area contributed by atoms with Gasteiger partial charge in [0.1, 0.15) is 6.26 Å². The Balaban J connectivity index is 2.23. The number of para-hydroxylation sites is 1. The van der Waals surface area contributed by atoms with E-state index in [1.165, 1.54) is 6.26 Å². The van der Waals surface area contributed by atoms with Gasteiger partial charge in [0.25, 0.3) is 0 Å². The molecule has 0 amide bonds. The first kappa shape index (κ1) is 15.1. The number of nitrogens with zero attached hydrogens (tertiary/aromatic N) is 2. The number of unbranched alkanes of at least 4 members (excludes halogenated alkanes) is 1. The van der Waals surface area contributed by atoms with Gasteiger partial charge in [-0.05, 0) is 25.5 Å². The predicted molar refractivity (Wildman–Crippen MR) is 80.8 cm³/mol. The molecule has 0 bridgehead atoms. The summed E-state index contributed by atoms with van der Waals surface area (Å²) in [4.78, 5) is 17.9. The summed E-state index contributed by atoms with van der Waals surface area (Å²) in [6.45, 7) is 4.99. The number of hydrogen-bond donors (Lipinski definition) is 0. The van der Waals surface area contributed by atoms with Gasteiger partial charge in [0.2, 0.25) is 0 Å². The Kier molecular flexibility index (Phi) is 5.37. The molecule has 0 radical (unpaired) electrons. The van der Waals surface area contributed by atoms with Crippen molar-refractivity contribution in [2.75, 3.05) is 18.1 Å². The van der Waals surface area contributed by atoms with Gasteiger partial charge in [-0.3, -0.25) is 4.90 Å². The van der Waals surface area contributed by atoms with Crippen molar-refractivity contribution in [2.45, 2.75) is 26.7 Å². The number of oxazole rings is 1. The lowest BCUT2D eigenvalue weighted by atomic mass is 10.2. The van der Waals surface area contributed by atoms with Crippen LogP contribution >= 0.6 is 0 Å². The fraction of sp³-hybridized carbons (Fsp3) is 0.375. The lowest BCUT2D eigenvalue weighted by molar-refractivity contribution is 0.0519. The summed E-state index contributed by atoms with van der Waals surface area (Å²) in [6, 6.07) is 10.3. The smallest absolute Gasteiger partial charge is 0.360 e. The highest BCUT2D eigenvalue weighted by atomic mass is 16.5. The second kappa shape index (κ2) is 7.47. The highest BCUT2D eigenvalue weighted by Crippen LogP contribution is 2.25. The van der Waals surface area contributed by atoms with Gasteiger partial charge >= 0.3 is 12.0 Å². The van der Waals surface area contributed by atoms with E-state index in [9.17, 15) is 4.79 Å². The molecule has 1 aromatic heterocycles. The van der Waals surface area contributed by atoms with Gasteiger partial charge < -0.3 is 9.15 Å². The molecule has 0 fully saturated rings. The zero-order valence-electron chi connectivity index (χ0n) is 12.4. The van der Waals surface area contributed by atoms with Crippen LogP contribution in [0, 0.1) is 0 Å². The van der Waals surface area contributed by atoms with Crippen molar-refractivity contribution in [1.29, 1.82) is 0 Å². The number of ether oxygens (including phenoxy) is 1. The van der Waals surface area contributed by atoms with Crippen LogP contribution in [0.4, 0.5) is 11.7 Å². The zero-order chi connectivity index (χ0) is 15.1. The van der Waals surface area contributed by atoms with Crippen molar-refractivity contribution in [1.82, 2.24) is 4.98 Å². The van der Waals surface area contributed by atoms with Crippen LogP contribution in [0.25, 0.3) is 0 Å². The molecule has 0 unspecified atom stereocenters. The second-order valence-corrected chi connectivity index (χ2v) is 4.58. The van der Waals surface area contributed by atoms with E-state index in [1.54, 1.807) is 6.92 Å². The molecule has 0 saturated heterocycles. The third kappa shape index (κ3) is 3.84. The number of benzene rings is 1. The maximum absolute atomic E-state index is 11.7. The first-order valence-corrected chi connectivity index (χ1v) is 7.21. The highest BCUT2D eigenvalue weighted by Gasteiger charge is 2.18. The SMILES string of the molecule is CCCCN(c1ccccc1)c1nc(C(=O)OCC)co1. The van der Waals surface area contributed by atoms with E-state index in [0.29, 0.717) is 12.6 Å². The number of esters is 1. The summed E-state index contributed by atoms with van der Waals surface area (Å²) in [7, 11) is 0. The molecular formula is C16H20N2O3. The molecule has 0 N–H and O–H groups in total. The van der Waals surface area contributed by atoms with Gasteiger partial charge in [-0.1, -0.05) is 31.5 Å². The molecule has 1 aromatic carbocycles. The molecule has 2 rings (SSSR count). The molecule has 0 aliphatic heterocycles. The molecule has 0 aliphatic rings. The minimum atomic E-state index is -0.462. The monoisotopic (exact) mass is 288 g/mol. The van der Waals surface area contributed by atoms with E-state index in [1.807, 2.05) is 35.2 Å². The van der Waals surface area contributed by atoms with Crippen LogP contribution < -0.4 is 4.90 Å². The van der Waals surface area contributed by atoms with E-state index >= 15 is 0 Å². The van der Waals surface area contributed by atoms with Gasteiger partial charge in [0.05, 0.1) is 6.61 Å². The van der Waals surface area contributed by atoms with Crippen LogP contribution in [-0.4, -0.2) is 24.1 Å². The van der Waals surface area contributed by atoms with Crippen LogP contribution in [0.5, 0.6) is 0 Å². The van der Waals surface area contributed by atoms with Gasteiger partial charge in [0.15, 0.2) is 5.69 Å². The molecule has 1 heterocycles. The summed E-state index contributed by atoms with van der Waals surface area (Å²) in [6.07, 6.45) is 3.41. The molecule has 2 aromatic rings. The Morgan fingerprint density at radius 1 is 1.29 bits per heavy atom. The standard InChI is InChI=1S/C16H20N2O3/c1-3-5-11-18(13-9-7-6-8-10-13)16-17-14(12-21-16)15(19)20-4-2/h6-10,12H,3-5,11H2,1-2H3. The van der Waals surface area contributed by atoms with E-state index in [4.69, 9.17) is 9.15 Å². The third-order valence-corrected chi connectivity index (χ3v) is 3.01. The molecule has 112 valence electrons. The Bertz CT molecular complexity index is 566. The summed E-state index contributed by atoms with van der Waals surface area (Å²) < 4.78 is 10.4. The number of hydrogen-bond acceptors (Lipinski definition) is 5. The average molecular weight is 288 g/mol. The Hall–Kier alpha value is -2.30. The summed E-state index contributed by atoms with van der Waals surface area (Å²) in [5, 5.41) is 0. The summed E-state index contributed by atoms with van der Waals surface area (Å²) >= 11 is 0. The van der Waals surface area contributed by atoms with E-state index in [2.05, 4.69) is 11.9 Å². The maximum Gasteiger partial charge on any atom is 0.360 e. The minimum absolute atomic E-state index is 0.198. The second-order valence-electron chi connectivity index (χ2n) is 4.58. The van der Waals surface area contributed by atoms with Crippen molar-refractivity contribution < 1.29 is 13.9 Å². The number of aromatic nitrogens is 1. The van der Waals surface area contributed by atoms with E-state index in [0.717, 1.165) is 25.1 Å². The summed E-state index contributed by atoms with van der Waals surface area (Å²) in [5.74, 6) is -0.462. The van der Waals surface area contributed by atoms with Gasteiger partial charge in [-0.15, -0.1) is 0 Å². The molecule has 0 spiro atoms. The quantitative estimate of drug-likeness (QED) is 0.725. The van der Waals surface area contributed by atoms with Gasteiger partial charge in [-0.25, -0.2) is 4.79 Å². The molecule has 5 nitrogen and oxygen atoms in total. The van der Waals surface area contributed by atoms with Crippen molar-refractivity contribution in [3.8, 4) is 0 Å². The van der Waals surface area contributed by atoms with Crippen molar-refractivity contribution >= 4 is 17.7 Å². The fourth-order valence-corrected chi connectivity index (χ4v) is 1.95. The molecule has 0 aliphatic carbocycles. The zero-order valence-corrected chi connectivity index (χ0v) is 12.4. The lowest BCUT2D eigenvalue weighted by Gasteiger charge is -2.20.